The lowest BCUT2D eigenvalue weighted by Crippen LogP contribution is -2.32. The first-order valence-corrected chi connectivity index (χ1v) is 8.84. The van der Waals surface area contributed by atoms with Crippen LogP contribution in [0.5, 0.6) is 0 Å². The Morgan fingerprint density at radius 3 is 2.92 bits per heavy atom. The van der Waals surface area contributed by atoms with Crippen LogP contribution in [0.2, 0.25) is 5.02 Å². The fraction of sp³-hybridized carbons (Fsp3) is 0.235. The first-order valence-electron chi connectivity index (χ1n) is 7.58. The van der Waals surface area contributed by atoms with E-state index in [9.17, 15) is 9.18 Å². The van der Waals surface area contributed by atoms with E-state index in [0.29, 0.717) is 27.7 Å². The number of halogens is 2. The molecule has 0 radical (unpaired) electrons. The number of esters is 1. The van der Waals surface area contributed by atoms with Gasteiger partial charge in [-0.1, -0.05) is 17.7 Å². The molecule has 0 aliphatic carbocycles. The van der Waals surface area contributed by atoms with E-state index >= 15 is 0 Å². The fourth-order valence-electron chi connectivity index (χ4n) is 2.55. The highest BCUT2D eigenvalue weighted by Gasteiger charge is 2.32. The quantitative estimate of drug-likeness (QED) is 0.819. The molecule has 1 atom stereocenters. The summed E-state index contributed by atoms with van der Waals surface area (Å²) in [7, 11) is 0. The van der Waals surface area contributed by atoms with Crippen molar-refractivity contribution in [1.82, 2.24) is 10.3 Å². The zero-order valence-corrected chi connectivity index (χ0v) is 15.1. The maximum absolute atomic E-state index is 13.4. The molecule has 8 heteroatoms. The number of rotatable bonds is 4. The minimum atomic E-state index is -0.702. The molecule has 1 aromatic heterocycles. The number of amidine groups is 1. The topological polar surface area (TPSA) is 63.6 Å². The van der Waals surface area contributed by atoms with E-state index in [4.69, 9.17) is 16.3 Å². The van der Waals surface area contributed by atoms with Crippen molar-refractivity contribution < 1.29 is 13.9 Å². The summed E-state index contributed by atoms with van der Waals surface area (Å²) in [6.07, 6.45) is 1.67. The summed E-state index contributed by atoms with van der Waals surface area (Å²) < 4.78 is 18.6. The number of carbonyl (C=O) groups excluding carboxylic acids is 1. The van der Waals surface area contributed by atoms with Crippen LogP contribution in [0.15, 0.2) is 46.0 Å². The Morgan fingerprint density at radius 2 is 2.28 bits per heavy atom. The third-order valence-electron chi connectivity index (χ3n) is 3.63. The average Bonchev–Trinajstić information content (AvgIpc) is 3.08. The molecule has 0 saturated carbocycles. The summed E-state index contributed by atoms with van der Waals surface area (Å²) in [4.78, 5) is 21.3. The van der Waals surface area contributed by atoms with Crippen LogP contribution in [0.4, 0.5) is 4.39 Å². The van der Waals surface area contributed by atoms with Crippen molar-refractivity contribution >= 4 is 34.7 Å². The highest BCUT2D eigenvalue weighted by atomic mass is 35.5. The SMILES string of the molecule is CCOC(=O)C1=C(C)NC(c2nccs2)=NC1c1ccc(F)cc1Cl. The minimum Gasteiger partial charge on any atom is -0.463 e. The van der Waals surface area contributed by atoms with Gasteiger partial charge in [0.2, 0.25) is 0 Å². The summed E-state index contributed by atoms with van der Waals surface area (Å²) in [5.41, 5.74) is 1.47. The molecule has 1 aliphatic heterocycles. The van der Waals surface area contributed by atoms with Gasteiger partial charge < -0.3 is 10.1 Å². The smallest absolute Gasteiger partial charge is 0.338 e. The van der Waals surface area contributed by atoms with Gasteiger partial charge in [0.1, 0.15) is 11.9 Å². The van der Waals surface area contributed by atoms with Gasteiger partial charge in [0.25, 0.3) is 0 Å². The predicted octanol–water partition coefficient (Wildman–Crippen LogP) is 3.86. The lowest BCUT2D eigenvalue weighted by Gasteiger charge is -2.26. The molecule has 3 rings (SSSR count). The van der Waals surface area contributed by atoms with Crippen molar-refractivity contribution in [1.29, 1.82) is 0 Å². The summed E-state index contributed by atoms with van der Waals surface area (Å²) >= 11 is 7.63. The third kappa shape index (κ3) is 3.57. The van der Waals surface area contributed by atoms with Gasteiger partial charge in [-0.25, -0.2) is 14.2 Å². The van der Waals surface area contributed by atoms with Crippen molar-refractivity contribution in [3.8, 4) is 0 Å². The Morgan fingerprint density at radius 1 is 1.48 bits per heavy atom. The van der Waals surface area contributed by atoms with Crippen LogP contribution in [0.3, 0.4) is 0 Å². The van der Waals surface area contributed by atoms with E-state index in [1.54, 1.807) is 20.0 Å². The Hall–Kier alpha value is -2.25. The van der Waals surface area contributed by atoms with Gasteiger partial charge in [-0.15, -0.1) is 11.3 Å². The second-order valence-corrected chi connectivity index (χ2v) is 6.57. The molecule has 1 aliphatic rings. The van der Waals surface area contributed by atoms with E-state index in [1.165, 1.54) is 29.5 Å². The highest BCUT2D eigenvalue weighted by molar-refractivity contribution is 7.11. The number of nitrogens with zero attached hydrogens (tertiary/aromatic N) is 2. The van der Waals surface area contributed by atoms with Gasteiger partial charge in [0, 0.05) is 27.9 Å². The number of hydrogen-bond acceptors (Lipinski definition) is 6. The summed E-state index contributed by atoms with van der Waals surface area (Å²) in [6, 6.07) is 3.32. The third-order valence-corrected chi connectivity index (χ3v) is 4.74. The standard InChI is InChI=1S/C17H15ClFN3O2S/c1-3-24-17(23)13-9(2)21-15(16-20-6-7-25-16)22-14(13)11-5-4-10(19)8-12(11)18/h4-8,14H,3H2,1-2H3,(H,21,22). The summed E-state index contributed by atoms with van der Waals surface area (Å²) in [5.74, 6) is -0.407. The number of carbonyl (C=O) groups is 1. The minimum absolute atomic E-state index is 0.198. The maximum atomic E-state index is 13.4. The number of aliphatic imine (C=N–C) groups is 1. The summed E-state index contributed by atoms with van der Waals surface area (Å²) in [6.45, 7) is 3.73. The molecule has 25 heavy (non-hydrogen) atoms. The van der Waals surface area contributed by atoms with Gasteiger partial charge in [-0.3, -0.25) is 4.99 Å². The van der Waals surface area contributed by atoms with Crippen LogP contribution in [0, 0.1) is 5.82 Å². The van der Waals surface area contributed by atoms with E-state index in [0.717, 1.165) is 0 Å². The molecule has 0 fully saturated rings. The largest absolute Gasteiger partial charge is 0.463 e. The predicted molar refractivity (Wildman–Crippen MR) is 95.3 cm³/mol. The van der Waals surface area contributed by atoms with Crippen LogP contribution >= 0.6 is 22.9 Å². The van der Waals surface area contributed by atoms with Crippen LogP contribution in [-0.2, 0) is 9.53 Å². The number of benzene rings is 1. The monoisotopic (exact) mass is 379 g/mol. The molecule has 0 amide bonds. The van der Waals surface area contributed by atoms with Crippen LogP contribution in [-0.4, -0.2) is 23.4 Å². The average molecular weight is 380 g/mol. The normalized spacial score (nSPS) is 17.1. The molecule has 130 valence electrons. The number of hydrogen-bond donors (Lipinski definition) is 1. The van der Waals surface area contributed by atoms with E-state index in [2.05, 4.69) is 15.3 Å². The second-order valence-electron chi connectivity index (χ2n) is 5.27. The number of aromatic nitrogens is 1. The molecule has 1 unspecified atom stereocenters. The van der Waals surface area contributed by atoms with Crippen molar-refractivity contribution in [3.05, 3.63) is 62.5 Å². The van der Waals surface area contributed by atoms with Crippen LogP contribution in [0.25, 0.3) is 0 Å². The van der Waals surface area contributed by atoms with Crippen molar-refractivity contribution in [2.24, 2.45) is 4.99 Å². The van der Waals surface area contributed by atoms with Gasteiger partial charge in [-0.05, 0) is 26.0 Å². The van der Waals surface area contributed by atoms with Gasteiger partial charge in [-0.2, -0.15) is 0 Å². The molecule has 2 aromatic rings. The zero-order chi connectivity index (χ0) is 18.0. The van der Waals surface area contributed by atoms with E-state index < -0.39 is 17.8 Å². The lowest BCUT2D eigenvalue weighted by atomic mass is 9.96. The zero-order valence-electron chi connectivity index (χ0n) is 13.5. The number of thiazole rings is 1. The first-order chi connectivity index (χ1) is 12.0. The fourth-order valence-corrected chi connectivity index (χ4v) is 3.41. The highest BCUT2D eigenvalue weighted by Crippen LogP contribution is 2.36. The Bertz CT molecular complexity index is 865. The molecule has 2 heterocycles. The van der Waals surface area contributed by atoms with Crippen LogP contribution in [0.1, 0.15) is 30.5 Å². The number of nitrogens with one attached hydrogen (secondary N) is 1. The van der Waals surface area contributed by atoms with Crippen LogP contribution < -0.4 is 5.32 Å². The van der Waals surface area contributed by atoms with Crippen molar-refractivity contribution in [2.45, 2.75) is 19.9 Å². The van der Waals surface area contributed by atoms with Gasteiger partial charge in [0.15, 0.2) is 10.8 Å². The molecule has 0 bridgehead atoms. The molecular formula is C17H15ClFN3O2S. The van der Waals surface area contributed by atoms with Crippen molar-refractivity contribution in [2.75, 3.05) is 6.61 Å². The maximum Gasteiger partial charge on any atom is 0.338 e. The molecular weight excluding hydrogens is 365 g/mol. The van der Waals surface area contributed by atoms with Gasteiger partial charge >= 0.3 is 5.97 Å². The van der Waals surface area contributed by atoms with Crippen molar-refractivity contribution in [3.63, 3.8) is 0 Å². The Labute approximate surface area is 153 Å². The van der Waals surface area contributed by atoms with Gasteiger partial charge in [0.05, 0.1) is 12.2 Å². The summed E-state index contributed by atoms with van der Waals surface area (Å²) in [5, 5.41) is 5.81. The lowest BCUT2D eigenvalue weighted by molar-refractivity contribution is -0.138. The molecule has 1 N–H and O–H groups in total. The Kier molecular flexibility index (Phi) is 5.15. The molecule has 5 nitrogen and oxygen atoms in total. The second kappa shape index (κ2) is 7.33. The molecule has 0 spiro atoms. The number of ether oxygens (including phenoxy) is 1. The first kappa shape index (κ1) is 17.6. The number of allylic oxidation sites excluding steroid dienone is 1. The molecule has 0 saturated heterocycles. The molecule has 1 aromatic carbocycles. The van der Waals surface area contributed by atoms with E-state index in [-0.39, 0.29) is 11.6 Å². The Balaban J connectivity index is 2.11. The van der Waals surface area contributed by atoms with E-state index in [1.807, 2.05) is 5.38 Å².